The lowest BCUT2D eigenvalue weighted by molar-refractivity contribution is -0.135. The Labute approximate surface area is 137 Å². The molecule has 1 aliphatic rings. The molecule has 1 aliphatic heterocycles. The summed E-state index contributed by atoms with van der Waals surface area (Å²) in [4.78, 5) is 29.9. The summed E-state index contributed by atoms with van der Waals surface area (Å²) in [7, 11) is 5.46. The van der Waals surface area contributed by atoms with Crippen molar-refractivity contribution >= 4 is 11.8 Å². The van der Waals surface area contributed by atoms with Gasteiger partial charge in [-0.2, -0.15) is 5.10 Å². The minimum Gasteiger partial charge on any atom is -0.348 e. The zero-order chi connectivity index (χ0) is 17.1. The molecule has 2 amide bonds. The number of hydrogen-bond donors (Lipinski definition) is 0. The lowest BCUT2D eigenvalue weighted by Crippen LogP contribution is -2.41. The number of hydrogen-bond acceptors (Lipinski definition) is 4. The maximum atomic E-state index is 12.4. The van der Waals surface area contributed by atoms with Crippen molar-refractivity contribution in [3.8, 4) is 0 Å². The average molecular weight is 321 g/mol. The van der Waals surface area contributed by atoms with Gasteiger partial charge in [-0.1, -0.05) is 0 Å². The third-order valence-electron chi connectivity index (χ3n) is 4.57. The number of aryl methyl sites for hydroxylation is 1. The first-order chi connectivity index (χ1) is 10.8. The first-order valence-electron chi connectivity index (χ1n) is 7.96. The predicted molar refractivity (Wildman–Crippen MR) is 87.7 cm³/mol. The number of rotatable bonds is 3. The molecule has 0 bridgehead atoms. The first-order valence-corrected chi connectivity index (χ1v) is 7.96. The van der Waals surface area contributed by atoms with Crippen molar-refractivity contribution in [2.24, 2.45) is 13.0 Å². The van der Waals surface area contributed by atoms with Gasteiger partial charge in [0.2, 0.25) is 11.8 Å². The van der Waals surface area contributed by atoms with E-state index in [9.17, 15) is 9.59 Å². The van der Waals surface area contributed by atoms with Crippen molar-refractivity contribution in [2.75, 3.05) is 40.3 Å². The highest BCUT2D eigenvalue weighted by molar-refractivity contribution is 5.80. The highest BCUT2D eigenvalue weighted by Crippen LogP contribution is 2.16. The molecule has 1 aromatic rings. The van der Waals surface area contributed by atoms with Crippen molar-refractivity contribution in [3.05, 3.63) is 17.5 Å². The van der Waals surface area contributed by atoms with Gasteiger partial charge in [-0.05, 0) is 6.92 Å². The van der Waals surface area contributed by atoms with E-state index in [1.807, 2.05) is 24.9 Å². The standard InChI is InChI=1S/C16H27N5O2/c1-12-14(8-17-19(12)5)9-20-6-7-21(13(2)22)11-15(10-20)16(23)18(3)4/h8,15H,6-7,9-11H2,1-5H3/t15-/m0/s1. The van der Waals surface area contributed by atoms with Crippen LogP contribution in [0, 0.1) is 12.8 Å². The van der Waals surface area contributed by atoms with E-state index in [1.54, 1.807) is 30.8 Å². The molecule has 2 rings (SSSR count). The van der Waals surface area contributed by atoms with Crippen LogP contribution in [0.2, 0.25) is 0 Å². The summed E-state index contributed by atoms with van der Waals surface area (Å²) in [6.07, 6.45) is 1.88. The van der Waals surface area contributed by atoms with Crippen LogP contribution in [-0.2, 0) is 23.2 Å². The molecule has 128 valence electrons. The molecule has 2 heterocycles. The van der Waals surface area contributed by atoms with E-state index in [-0.39, 0.29) is 17.7 Å². The molecule has 0 aliphatic carbocycles. The largest absolute Gasteiger partial charge is 0.348 e. The van der Waals surface area contributed by atoms with Gasteiger partial charge >= 0.3 is 0 Å². The summed E-state index contributed by atoms with van der Waals surface area (Å²) in [6.45, 7) is 6.95. The summed E-state index contributed by atoms with van der Waals surface area (Å²) in [5.74, 6) is -0.0830. The maximum absolute atomic E-state index is 12.4. The fourth-order valence-electron chi connectivity index (χ4n) is 2.97. The van der Waals surface area contributed by atoms with E-state index in [0.29, 0.717) is 19.6 Å². The zero-order valence-electron chi connectivity index (χ0n) is 14.7. The monoisotopic (exact) mass is 321 g/mol. The number of aromatic nitrogens is 2. The molecule has 23 heavy (non-hydrogen) atoms. The second-order valence-electron chi connectivity index (χ2n) is 6.51. The lowest BCUT2D eigenvalue weighted by atomic mass is 10.1. The summed E-state index contributed by atoms with van der Waals surface area (Å²) < 4.78 is 1.86. The minimum atomic E-state index is -0.187. The van der Waals surface area contributed by atoms with Gasteiger partial charge in [0.05, 0.1) is 12.1 Å². The van der Waals surface area contributed by atoms with Crippen LogP contribution in [0.5, 0.6) is 0 Å². The Morgan fingerprint density at radius 2 is 2.00 bits per heavy atom. The first kappa shape index (κ1) is 17.5. The molecule has 0 unspecified atom stereocenters. The molecule has 1 saturated heterocycles. The van der Waals surface area contributed by atoms with Crippen LogP contribution in [0.15, 0.2) is 6.20 Å². The molecule has 7 nitrogen and oxygen atoms in total. The molecular weight excluding hydrogens is 294 g/mol. The fourth-order valence-corrected chi connectivity index (χ4v) is 2.97. The van der Waals surface area contributed by atoms with Gasteiger partial charge < -0.3 is 9.80 Å². The predicted octanol–water partition coefficient (Wildman–Crippen LogP) is 0.0970. The van der Waals surface area contributed by atoms with E-state index in [1.165, 1.54) is 5.56 Å². The molecule has 0 radical (unpaired) electrons. The normalized spacial score (nSPS) is 19.5. The van der Waals surface area contributed by atoms with Gasteiger partial charge in [-0.25, -0.2) is 0 Å². The van der Waals surface area contributed by atoms with E-state index in [2.05, 4.69) is 10.00 Å². The summed E-state index contributed by atoms with van der Waals surface area (Å²) >= 11 is 0. The van der Waals surface area contributed by atoms with E-state index >= 15 is 0 Å². The molecule has 1 fully saturated rings. The van der Waals surface area contributed by atoms with Crippen LogP contribution in [0.1, 0.15) is 18.2 Å². The maximum Gasteiger partial charge on any atom is 0.228 e. The van der Waals surface area contributed by atoms with Gasteiger partial charge in [0.15, 0.2) is 0 Å². The Morgan fingerprint density at radius 3 is 2.52 bits per heavy atom. The fraction of sp³-hybridized carbons (Fsp3) is 0.688. The highest BCUT2D eigenvalue weighted by atomic mass is 16.2. The van der Waals surface area contributed by atoms with E-state index in [4.69, 9.17) is 0 Å². The number of amides is 2. The van der Waals surface area contributed by atoms with E-state index in [0.717, 1.165) is 18.8 Å². The topological polar surface area (TPSA) is 61.7 Å². The molecular formula is C16H27N5O2. The molecule has 0 spiro atoms. The van der Waals surface area contributed by atoms with Gasteiger partial charge in [0.25, 0.3) is 0 Å². The second-order valence-corrected chi connectivity index (χ2v) is 6.51. The Hall–Kier alpha value is -1.89. The Bertz CT molecular complexity index is 581. The van der Waals surface area contributed by atoms with Crippen LogP contribution in [0.25, 0.3) is 0 Å². The summed E-state index contributed by atoms with van der Waals surface area (Å²) in [6, 6.07) is 0. The molecule has 0 N–H and O–H groups in total. The van der Waals surface area contributed by atoms with Gasteiger partial charge in [0.1, 0.15) is 0 Å². The smallest absolute Gasteiger partial charge is 0.228 e. The SMILES string of the molecule is CC(=O)N1CCN(Cc2cnn(C)c2C)C[C@H](C(=O)N(C)C)C1. The molecule has 1 aromatic heterocycles. The summed E-state index contributed by atoms with van der Waals surface area (Å²) in [5.41, 5.74) is 2.30. The van der Waals surface area contributed by atoms with Crippen molar-refractivity contribution in [2.45, 2.75) is 20.4 Å². The summed E-state index contributed by atoms with van der Waals surface area (Å²) in [5, 5.41) is 4.28. The zero-order valence-corrected chi connectivity index (χ0v) is 14.7. The number of carbonyl (C=O) groups excluding carboxylic acids is 2. The van der Waals surface area contributed by atoms with Crippen molar-refractivity contribution in [3.63, 3.8) is 0 Å². The Kier molecular flexibility index (Phi) is 5.41. The van der Waals surface area contributed by atoms with Crippen molar-refractivity contribution in [1.29, 1.82) is 0 Å². The Balaban J connectivity index is 2.15. The number of carbonyl (C=O) groups is 2. The average Bonchev–Trinajstić information content (AvgIpc) is 2.71. The third-order valence-corrected chi connectivity index (χ3v) is 4.57. The van der Waals surface area contributed by atoms with Crippen LogP contribution < -0.4 is 0 Å². The van der Waals surface area contributed by atoms with Crippen LogP contribution in [-0.4, -0.2) is 76.6 Å². The quantitative estimate of drug-likeness (QED) is 0.792. The van der Waals surface area contributed by atoms with Crippen molar-refractivity contribution in [1.82, 2.24) is 24.5 Å². The molecule has 7 heteroatoms. The van der Waals surface area contributed by atoms with Gasteiger partial charge in [-0.3, -0.25) is 19.2 Å². The molecule has 0 saturated carbocycles. The van der Waals surface area contributed by atoms with Gasteiger partial charge in [0, 0.05) is 72.0 Å². The Morgan fingerprint density at radius 1 is 1.30 bits per heavy atom. The van der Waals surface area contributed by atoms with E-state index < -0.39 is 0 Å². The van der Waals surface area contributed by atoms with Crippen molar-refractivity contribution < 1.29 is 9.59 Å². The lowest BCUT2D eigenvalue weighted by Gasteiger charge is -2.25. The highest BCUT2D eigenvalue weighted by Gasteiger charge is 2.30. The molecule has 1 atom stereocenters. The van der Waals surface area contributed by atoms with Crippen LogP contribution in [0.3, 0.4) is 0 Å². The van der Waals surface area contributed by atoms with Crippen LogP contribution in [0.4, 0.5) is 0 Å². The second kappa shape index (κ2) is 7.12. The van der Waals surface area contributed by atoms with Crippen LogP contribution >= 0.6 is 0 Å². The third kappa shape index (κ3) is 4.10. The minimum absolute atomic E-state index is 0.0287. The van der Waals surface area contributed by atoms with Gasteiger partial charge in [-0.15, -0.1) is 0 Å². The number of nitrogens with zero attached hydrogens (tertiary/aromatic N) is 5. The molecule has 0 aromatic carbocycles.